The van der Waals surface area contributed by atoms with E-state index in [9.17, 15) is 19.1 Å². The van der Waals surface area contributed by atoms with Crippen molar-refractivity contribution < 1.29 is 23.8 Å². The molecule has 1 unspecified atom stereocenters. The maximum Gasteiger partial charge on any atom is 0.335 e. The van der Waals surface area contributed by atoms with Crippen molar-refractivity contribution in [3.05, 3.63) is 64.5 Å². The number of hydrogen-bond donors (Lipinski definition) is 1. The van der Waals surface area contributed by atoms with E-state index in [4.69, 9.17) is 4.74 Å². The number of halogens is 1. The normalized spacial score (nSPS) is 19.1. The molecule has 4 rings (SSSR count). The van der Waals surface area contributed by atoms with Gasteiger partial charge in [0.25, 0.3) is 0 Å². The van der Waals surface area contributed by atoms with E-state index in [1.807, 2.05) is 6.92 Å². The van der Waals surface area contributed by atoms with Gasteiger partial charge in [-0.1, -0.05) is 18.6 Å². The summed E-state index contributed by atoms with van der Waals surface area (Å²) in [6.45, 7) is 6.47. The van der Waals surface area contributed by atoms with E-state index >= 15 is 0 Å². The molecule has 0 aliphatic carbocycles. The first kappa shape index (κ1) is 24.7. The molecule has 0 aromatic heterocycles. The van der Waals surface area contributed by atoms with Crippen LogP contribution in [0.15, 0.2) is 36.4 Å². The van der Waals surface area contributed by atoms with Crippen LogP contribution in [0.3, 0.4) is 0 Å². The molecule has 2 saturated heterocycles. The summed E-state index contributed by atoms with van der Waals surface area (Å²) in [4.78, 5) is 28.9. The van der Waals surface area contributed by atoms with E-state index < -0.39 is 5.97 Å². The predicted molar refractivity (Wildman–Crippen MR) is 132 cm³/mol. The zero-order valence-corrected chi connectivity index (χ0v) is 20.3. The van der Waals surface area contributed by atoms with Crippen molar-refractivity contribution in [3.63, 3.8) is 0 Å². The van der Waals surface area contributed by atoms with Gasteiger partial charge in [0.1, 0.15) is 11.2 Å². The van der Waals surface area contributed by atoms with E-state index in [0.717, 1.165) is 74.5 Å². The Labute approximate surface area is 204 Å². The Morgan fingerprint density at radius 3 is 2.56 bits per heavy atom. The molecule has 2 heterocycles. The fourth-order valence-electron chi connectivity index (χ4n) is 4.73. The average molecular weight is 487 g/mol. The number of unbranched alkanes of at least 4 members (excludes halogenated alkanes) is 2. The van der Waals surface area contributed by atoms with E-state index in [1.54, 1.807) is 29.2 Å². The minimum absolute atomic E-state index is 0.0260. The molecule has 0 saturated carbocycles. The third-order valence-electron chi connectivity index (χ3n) is 6.59. The zero-order valence-electron chi connectivity index (χ0n) is 19.5. The van der Waals surface area contributed by atoms with Crippen LogP contribution in [0.5, 0.6) is 0 Å². The smallest absolute Gasteiger partial charge is 0.335 e. The highest BCUT2D eigenvalue weighted by Crippen LogP contribution is 2.43. The largest absolute Gasteiger partial charge is 0.478 e. The van der Waals surface area contributed by atoms with Gasteiger partial charge in [0.15, 0.2) is 0 Å². The van der Waals surface area contributed by atoms with Gasteiger partial charge in [0.05, 0.1) is 24.5 Å². The molecule has 2 aromatic carbocycles. The van der Waals surface area contributed by atoms with Gasteiger partial charge in [0.2, 0.25) is 5.91 Å². The maximum absolute atomic E-state index is 13.4. The lowest BCUT2D eigenvalue weighted by Crippen LogP contribution is -2.36. The summed E-state index contributed by atoms with van der Waals surface area (Å²) in [5.74, 6) is -0.960. The Balaban J connectivity index is 1.50. The lowest BCUT2D eigenvalue weighted by molar-refractivity contribution is -0.115. The number of morpholine rings is 1. The molecular weight excluding hydrogens is 455 g/mol. The van der Waals surface area contributed by atoms with Crippen molar-refractivity contribution in [2.75, 3.05) is 43.5 Å². The monoisotopic (exact) mass is 486 g/mol. The maximum atomic E-state index is 13.4. The van der Waals surface area contributed by atoms with Gasteiger partial charge in [-0.2, -0.15) is 0 Å². The minimum Gasteiger partial charge on any atom is -0.478 e. The molecule has 0 bridgehead atoms. The van der Waals surface area contributed by atoms with Gasteiger partial charge in [-0.25, -0.2) is 9.18 Å². The molecule has 8 heteroatoms. The summed E-state index contributed by atoms with van der Waals surface area (Å²) >= 11 is 1.50. The molecule has 0 radical (unpaired) electrons. The van der Waals surface area contributed by atoms with Gasteiger partial charge in [0, 0.05) is 18.8 Å². The molecule has 2 fully saturated rings. The molecule has 2 aromatic rings. The van der Waals surface area contributed by atoms with Crippen molar-refractivity contribution in [2.45, 2.75) is 38.0 Å². The summed E-state index contributed by atoms with van der Waals surface area (Å²) < 4.78 is 18.8. The minimum atomic E-state index is -0.949. The fourth-order valence-corrected chi connectivity index (χ4v) is 5.89. The van der Waals surface area contributed by atoms with Gasteiger partial charge >= 0.3 is 5.97 Å². The first-order valence-corrected chi connectivity index (χ1v) is 12.9. The number of amides is 1. The van der Waals surface area contributed by atoms with Crippen LogP contribution in [-0.4, -0.2) is 60.5 Å². The van der Waals surface area contributed by atoms with Crippen molar-refractivity contribution in [1.82, 2.24) is 4.90 Å². The molecule has 0 spiro atoms. The number of carboxylic acid groups (broad SMARTS) is 1. The fraction of sp³-hybridized carbons (Fsp3) is 0.462. The highest BCUT2D eigenvalue weighted by atomic mass is 32.2. The number of anilines is 1. The van der Waals surface area contributed by atoms with E-state index in [0.29, 0.717) is 17.7 Å². The number of aromatic carboxylic acids is 1. The van der Waals surface area contributed by atoms with Crippen LogP contribution < -0.4 is 4.90 Å². The second kappa shape index (κ2) is 11.3. The summed E-state index contributed by atoms with van der Waals surface area (Å²) in [6.07, 6.45) is 3.62. The molecule has 1 atom stereocenters. The third-order valence-corrected chi connectivity index (χ3v) is 7.80. The summed E-state index contributed by atoms with van der Waals surface area (Å²) in [6, 6.07) is 9.57. The molecule has 1 amide bonds. The standard InChI is InChI=1S/C26H31FN2O4S/c1-18-21(5-3-2-4-12-28-13-15-33-16-14-28)22(26(31)32)10-11-23(18)29-24(30)17-34-25(29)19-6-8-20(27)9-7-19/h6-11,25H,2-5,12-17H2,1H3,(H,31,32). The van der Waals surface area contributed by atoms with Gasteiger partial charge in [-0.15, -0.1) is 11.8 Å². The average Bonchev–Trinajstić information content (AvgIpc) is 3.21. The van der Waals surface area contributed by atoms with Gasteiger partial charge < -0.3 is 9.84 Å². The number of hydrogen-bond acceptors (Lipinski definition) is 5. The molecular formula is C26H31FN2O4S. The van der Waals surface area contributed by atoms with Crippen LogP contribution in [0.2, 0.25) is 0 Å². The number of benzene rings is 2. The zero-order chi connectivity index (χ0) is 24.1. The second-order valence-corrected chi connectivity index (χ2v) is 9.85. The van der Waals surface area contributed by atoms with Crippen LogP contribution in [0.1, 0.15) is 51.7 Å². The quantitative estimate of drug-likeness (QED) is 0.520. The Morgan fingerprint density at radius 1 is 1.12 bits per heavy atom. The summed E-state index contributed by atoms with van der Waals surface area (Å²) in [5.41, 5.74) is 3.50. The lowest BCUT2D eigenvalue weighted by atomic mass is 9.94. The highest BCUT2D eigenvalue weighted by Gasteiger charge is 2.35. The molecule has 2 aliphatic heterocycles. The van der Waals surface area contributed by atoms with E-state index in [2.05, 4.69) is 4.90 Å². The van der Waals surface area contributed by atoms with Crippen molar-refractivity contribution >= 4 is 29.3 Å². The Bertz CT molecular complexity index is 1020. The lowest BCUT2D eigenvalue weighted by Gasteiger charge is -2.28. The van der Waals surface area contributed by atoms with Crippen LogP contribution in [-0.2, 0) is 16.0 Å². The summed E-state index contributed by atoms with van der Waals surface area (Å²) in [5, 5.41) is 9.53. The molecule has 182 valence electrons. The van der Waals surface area contributed by atoms with E-state index in [-0.39, 0.29) is 17.1 Å². The topological polar surface area (TPSA) is 70.1 Å². The number of ether oxygens (including phenoxy) is 1. The van der Waals surface area contributed by atoms with Crippen LogP contribution in [0.4, 0.5) is 10.1 Å². The van der Waals surface area contributed by atoms with Gasteiger partial charge in [-0.3, -0.25) is 14.6 Å². The number of carboxylic acids is 1. The molecule has 34 heavy (non-hydrogen) atoms. The first-order chi connectivity index (χ1) is 16.5. The second-order valence-electron chi connectivity index (χ2n) is 8.78. The van der Waals surface area contributed by atoms with Crippen molar-refractivity contribution in [3.8, 4) is 0 Å². The van der Waals surface area contributed by atoms with Crippen LogP contribution in [0, 0.1) is 12.7 Å². The SMILES string of the molecule is Cc1c(N2C(=O)CSC2c2ccc(F)cc2)ccc(C(=O)O)c1CCCCCN1CCOCC1. The highest BCUT2D eigenvalue weighted by molar-refractivity contribution is 8.00. The van der Waals surface area contributed by atoms with Gasteiger partial charge in [-0.05, 0) is 73.7 Å². The molecule has 6 nitrogen and oxygen atoms in total. The number of nitrogens with zero attached hydrogens (tertiary/aromatic N) is 2. The van der Waals surface area contributed by atoms with E-state index in [1.165, 1.54) is 23.9 Å². The third kappa shape index (κ3) is 5.62. The first-order valence-electron chi connectivity index (χ1n) is 11.8. The Hall–Kier alpha value is -2.42. The summed E-state index contributed by atoms with van der Waals surface area (Å²) in [7, 11) is 0. The van der Waals surface area contributed by atoms with Crippen molar-refractivity contribution in [1.29, 1.82) is 0 Å². The molecule has 2 aliphatic rings. The Morgan fingerprint density at radius 2 is 1.85 bits per heavy atom. The number of thioether (sulfide) groups is 1. The number of carbonyl (C=O) groups excluding carboxylic acids is 1. The van der Waals surface area contributed by atoms with Crippen LogP contribution in [0.25, 0.3) is 0 Å². The van der Waals surface area contributed by atoms with Crippen LogP contribution >= 0.6 is 11.8 Å². The molecule has 1 N–H and O–H groups in total. The number of carbonyl (C=O) groups is 2. The van der Waals surface area contributed by atoms with Crippen molar-refractivity contribution in [2.24, 2.45) is 0 Å². The number of rotatable bonds is 9. The predicted octanol–water partition coefficient (Wildman–Crippen LogP) is 4.66. The Kier molecular flexibility index (Phi) is 8.24.